The lowest BCUT2D eigenvalue weighted by Crippen LogP contribution is -2.36. The molecule has 2 amide bonds. The molecule has 1 aromatic heterocycles. The molecule has 0 saturated carbocycles. The van der Waals surface area contributed by atoms with Crippen molar-refractivity contribution < 1.29 is 9.59 Å². The summed E-state index contributed by atoms with van der Waals surface area (Å²) in [5.74, 6) is -0.938. The molecule has 23 heavy (non-hydrogen) atoms. The molecule has 0 radical (unpaired) electrons. The first kappa shape index (κ1) is 15.7. The maximum absolute atomic E-state index is 12.5. The Balaban J connectivity index is 1.61. The number of aromatic nitrogens is 1. The lowest BCUT2D eigenvalue weighted by molar-refractivity contribution is -0.132. The van der Waals surface area contributed by atoms with Crippen molar-refractivity contribution in [2.24, 2.45) is 5.92 Å². The number of carbonyl (C=O) groups excluding carboxylic acids is 2. The van der Waals surface area contributed by atoms with Gasteiger partial charge in [-0.25, -0.2) is 4.98 Å². The number of rotatable bonds is 4. The van der Waals surface area contributed by atoms with Crippen LogP contribution in [0.4, 0.5) is 5.69 Å². The predicted molar refractivity (Wildman–Crippen MR) is 90.3 cm³/mol. The van der Waals surface area contributed by atoms with Crippen LogP contribution in [0.15, 0.2) is 29.6 Å². The third-order valence-corrected chi connectivity index (χ3v) is 4.80. The lowest BCUT2D eigenvalue weighted by atomic mass is 10.1. The summed E-state index contributed by atoms with van der Waals surface area (Å²) in [5.41, 5.74) is 2.83. The van der Waals surface area contributed by atoms with E-state index in [0.29, 0.717) is 19.5 Å². The van der Waals surface area contributed by atoms with Gasteiger partial charge in [-0.2, -0.15) is 0 Å². The smallest absolute Gasteiger partial charge is 0.239 e. The van der Waals surface area contributed by atoms with Gasteiger partial charge in [-0.05, 0) is 32.4 Å². The van der Waals surface area contributed by atoms with E-state index in [1.54, 1.807) is 16.2 Å². The molecule has 1 N–H and O–H groups in total. The minimum absolute atomic E-state index is 0.124. The molecule has 0 spiro atoms. The van der Waals surface area contributed by atoms with Crippen LogP contribution in [0.3, 0.4) is 0 Å². The average molecular weight is 329 g/mol. The van der Waals surface area contributed by atoms with E-state index in [4.69, 9.17) is 0 Å². The topological polar surface area (TPSA) is 62.3 Å². The number of carbonyl (C=O) groups is 2. The van der Waals surface area contributed by atoms with Crippen molar-refractivity contribution in [1.82, 2.24) is 10.3 Å². The van der Waals surface area contributed by atoms with Crippen molar-refractivity contribution in [2.45, 2.75) is 26.8 Å². The maximum atomic E-state index is 12.5. The molecule has 1 aliphatic rings. The second-order valence-corrected chi connectivity index (χ2v) is 6.80. The van der Waals surface area contributed by atoms with Gasteiger partial charge >= 0.3 is 0 Å². The van der Waals surface area contributed by atoms with Gasteiger partial charge in [0.1, 0.15) is 5.92 Å². The molecule has 1 saturated heterocycles. The van der Waals surface area contributed by atoms with Gasteiger partial charge in [0.05, 0.1) is 17.2 Å². The second-order valence-electron chi connectivity index (χ2n) is 5.74. The van der Waals surface area contributed by atoms with Gasteiger partial charge in [-0.15, -0.1) is 11.3 Å². The van der Waals surface area contributed by atoms with Gasteiger partial charge < -0.3 is 10.2 Å². The van der Waals surface area contributed by atoms with Crippen molar-refractivity contribution in [2.75, 3.05) is 11.4 Å². The first-order valence-electron chi connectivity index (χ1n) is 7.61. The lowest BCUT2D eigenvalue weighted by Gasteiger charge is -2.17. The SMILES string of the molecule is Cc1ccc(N2CC[C@H](C(=O)NCc3csc(C)n3)C2=O)cc1. The van der Waals surface area contributed by atoms with Crippen LogP contribution in [0.1, 0.15) is 22.7 Å². The Morgan fingerprint density at radius 1 is 1.35 bits per heavy atom. The van der Waals surface area contributed by atoms with Gasteiger partial charge in [-0.3, -0.25) is 9.59 Å². The molecule has 3 rings (SSSR count). The van der Waals surface area contributed by atoms with E-state index in [9.17, 15) is 9.59 Å². The van der Waals surface area contributed by atoms with E-state index in [1.807, 2.05) is 43.5 Å². The molecule has 1 fully saturated rings. The van der Waals surface area contributed by atoms with Crippen LogP contribution in [-0.2, 0) is 16.1 Å². The number of amides is 2. The summed E-state index contributed by atoms with van der Waals surface area (Å²) in [6, 6.07) is 7.79. The first-order valence-corrected chi connectivity index (χ1v) is 8.49. The summed E-state index contributed by atoms with van der Waals surface area (Å²) >= 11 is 1.55. The highest BCUT2D eigenvalue weighted by atomic mass is 32.1. The molecule has 1 atom stereocenters. The minimum atomic E-state index is -0.601. The van der Waals surface area contributed by atoms with Crippen LogP contribution in [0.2, 0.25) is 0 Å². The number of aryl methyl sites for hydroxylation is 2. The highest BCUT2D eigenvalue weighted by Gasteiger charge is 2.37. The third-order valence-electron chi connectivity index (χ3n) is 3.98. The number of thiazole rings is 1. The van der Waals surface area contributed by atoms with Crippen LogP contribution in [-0.4, -0.2) is 23.3 Å². The molecule has 0 aliphatic carbocycles. The Morgan fingerprint density at radius 2 is 2.09 bits per heavy atom. The Labute approximate surface area is 139 Å². The minimum Gasteiger partial charge on any atom is -0.350 e. The highest BCUT2D eigenvalue weighted by molar-refractivity contribution is 7.09. The first-order chi connectivity index (χ1) is 11.0. The largest absolute Gasteiger partial charge is 0.350 e. The number of hydrogen-bond acceptors (Lipinski definition) is 4. The van der Waals surface area contributed by atoms with Gasteiger partial charge in [0.25, 0.3) is 0 Å². The molecule has 5 nitrogen and oxygen atoms in total. The molecule has 2 heterocycles. The van der Waals surface area contributed by atoms with Crippen LogP contribution in [0.5, 0.6) is 0 Å². The van der Waals surface area contributed by atoms with Crippen LogP contribution < -0.4 is 10.2 Å². The van der Waals surface area contributed by atoms with Crippen LogP contribution >= 0.6 is 11.3 Å². The Hall–Kier alpha value is -2.21. The van der Waals surface area contributed by atoms with E-state index in [2.05, 4.69) is 10.3 Å². The zero-order chi connectivity index (χ0) is 16.4. The van der Waals surface area contributed by atoms with Gasteiger partial charge in [0.15, 0.2) is 0 Å². The Kier molecular flexibility index (Phi) is 4.43. The zero-order valence-corrected chi connectivity index (χ0v) is 14.0. The van der Waals surface area contributed by atoms with E-state index >= 15 is 0 Å². The molecule has 6 heteroatoms. The van der Waals surface area contributed by atoms with Crippen LogP contribution in [0, 0.1) is 19.8 Å². The molecule has 1 aliphatic heterocycles. The van der Waals surface area contributed by atoms with Crippen molar-refractivity contribution >= 4 is 28.8 Å². The molecular formula is C17H19N3O2S. The molecule has 0 unspecified atom stereocenters. The number of nitrogens with one attached hydrogen (secondary N) is 1. The summed E-state index contributed by atoms with van der Waals surface area (Å²) in [4.78, 5) is 30.8. The monoisotopic (exact) mass is 329 g/mol. The maximum Gasteiger partial charge on any atom is 0.239 e. The standard InChI is InChI=1S/C17H19N3O2S/c1-11-3-5-14(6-4-11)20-8-7-15(17(20)22)16(21)18-9-13-10-23-12(2)19-13/h3-6,10,15H,7-9H2,1-2H3,(H,18,21)/t15-/m1/s1. The molecular weight excluding hydrogens is 310 g/mol. The van der Waals surface area contributed by atoms with Gasteiger partial charge in [-0.1, -0.05) is 17.7 Å². The predicted octanol–water partition coefficient (Wildman–Crippen LogP) is 2.43. The van der Waals surface area contributed by atoms with Crippen molar-refractivity contribution in [3.05, 3.63) is 45.9 Å². The van der Waals surface area contributed by atoms with Crippen molar-refractivity contribution in [3.8, 4) is 0 Å². The molecule has 0 bridgehead atoms. The van der Waals surface area contributed by atoms with Crippen molar-refractivity contribution in [3.63, 3.8) is 0 Å². The van der Waals surface area contributed by atoms with E-state index in [-0.39, 0.29) is 11.8 Å². The molecule has 2 aromatic rings. The van der Waals surface area contributed by atoms with E-state index < -0.39 is 5.92 Å². The fraction of sp³-hybridized carbons (Fsp3) is 0.353. The fourth-order valence-corrected chi connectivity index (χ4v) is 3.31. The van der Waals surface area contributed by atoms with E-state index in [0.717, 1.165) is 22.0 Å². The van der Waals surface area contributed by atoms with Crippen LogP contribution in [0.25, 0.3) is 0 Å². The van der Waals surface area contributed by atoms with Gasteiger partial charge in [0, 0.05) is 17.6 Å². The number of benzene rings is 1. The highest BCUT2D eigenvalue weighted by Crippen LogP contribution is 2.25. The summed E-state index contributed by atoms with van der Waals surface area (Å²) in [6.07, 6.45) is 0.550. The van der Waals surface area contributed by atoms with E-state index in [1.165, 1.54) is 0 Å². The third kappa shape index (κ3) is 3.42. The summed E-state index contributed by atoms with van der Waals surface area (Å²) in [5, 5.41) is 5.71. The summed E-state index contributed by atoms with van der Waals surface area (Å²) in [6.45, 7) is 4.88. The van der Waals surface area contributed by atoms with Crippen molar-refractivity contribution in [1.29, 1.82) is 0 Å². The Morgan fingerprint density at radius 3 is 2.74 bits per heavy atom. The number of nitrogens with zero attached hydrogens (tertiary/aromatic N) is 2. The number of hydrogen-bond donors (Lipinski definition) is 1. The summed E-state index contributed by atoms with van der Waals surface area (Å²) < 4.78 is 0. The zero-order valence-electron chi connectivity index (χ0n) is 13.2. The van der Waals surface area contributed by atoms with Gasteiger partial charge in [0.2, 0.25) is 11.8 Å². The molecule has 1 aromatic carbocycles. The fourth-order valence-electron chi connectivity index (χ4n) is 2.69. The second kappa shape index (κ2) is 6.50. The summed E-state index contributed by atoms with van der Waals surface area (Å²) in [7, 11) is 0. The average Bonchev–Trinajstić information content (AvgIpc) is 3.12. The quantitative estimate of drug-likeness (QED) is 0.876. The normalized spacial score (nSPS) is 17.6. The number of anilines is 1. The molecule has 120 valence electrons. The Bertz CT molecular complexity index is 724.